The summed E-state index contributed by atoms with van der Waals surface area (Å²) in [6, 6.07) is 10.4. The summed E-state index contributed by atoms with van der Waals surface area (Å²) in [6.07, 6.45) is 7.28. The van der Waals surface area contributed by atoms with Gasteiger partial charge >= 0.3 is 0 Å². The van der Waals surface area contributed by atoms with Crippen molar-refractivity contribution in [1.82, 2.24) is 0 Å². The summed E-state index contributed by atoms with van der Waals surface area (Å²) in [4.78, 5) is 0. The minimum atomic E-state index is 0.788. The van der Waals surface area contributed by atoms with Gasteiger partial charge in [-0.3, -0.25) is 0 Å². The standard InChI is InChI=1S/C20H27ClO2/c1-16-19-11-10-18(15-17(19)9-12-20(16)22-2)23-14-8-6-4-3-5-7-13-21/h9-12,15H,3-8,13-14H2,1-2H3. The summed E-state index contributed by atoms with van der Waals surface area (Å²) in [5.41, 5.74) is 1.17. The van der Waals surface area contributed by atoms with E-state index in [4.69, 9.17) is 21.1 Å². The predicted molar refractivity (Wildman–Crippen MR) is 99.2 cm³/mol. The number of fused-ring (bicyclic) bond motifs is 1. The topological polar surface area (TPSA) is 18.5 Å². The molecule has 0 spiro atoms. The van der Waals surface area contributed by atoms with Gasteiger partial charge in [0.15, 0.2) is 0 Å². The maximum Gasteiger partial charge on any atom is 0.122 e. The van der Waals surface area contributed by atoms with Crippen LogP contribution in [0.2, 0.25) is 0 Å². The Kier molecular flexibility index (Phi) is 7.54. The normalized spacial score (nSPS) is 10.9. The molecule has 2 aromatic carbocycles. The fourth-order valence-electron chi connectivity index (χ4n) is 2.85. The van der Waals surface area contributed by atoms with E-state index in [-0.39, 0.29) is 0 Å². The number of aryl methyl sites for hydroxylation is 1. The van der Waals surface area contributed by atoms with E-state index in [2.05, 4.69) is 31.2 Å². The molecule has 0 saturated heterocycles. The van der Waals surface area contributed by atoms with Gasteiger partial charge in [0.1, 0.15) is 11.5 Å². The summed E-state index contributed by atoms with van der Waals surface area (Å²) in [5, 5.41) is 2.41. The van der Waals surface area contributed by atoms with Gasteiger partial charge in [-0.1, -0.05) is 37.8 Å². The molecule has 0 aliphatic rings. The van der Waals surface area contributed by atoms with Crippen LogP contribution in [0, 0.1) is 6.92 Å². The number of rotatable bonds is 10. The van der Waals surface area contributed by atoms with Crippen molar-refractivity contribution >= 4 is 22.4 Å². The molecule has 0 aliphatic heterocycles. The molecule has 0 amide bonds. The highest BCUT2D eigenvalue weighted by atomic mass is 35.5. The minimum absolute atomic E-state index is 0.788. The Hall–Kier alpha value is -1.41. The number of unbranched alkanes of at least 4 members (excludes halogenated alkanes) is 5. The van der Waals surface area contributed by atoms with Gasteiger partial charge in [-0.25, -0.2) is 0 Å². The Morgan fingerprint density at radius 2 is 1.65 bits per heavy atom. The third-order valence-electron chi connectivity index (χ3n) is 4.23. The van der Waals surface area contributed by atoms with Crippen molar-refractivity contribution in [3.63, 3.8) is 0 Å². The molecular weight excluding hydrogens is 308 g/mol. The van der Waals surface area contributed by atoms with Crippen LogP contribution in [0.25, 0.3) is 10.8 Å². The van der Waals surface area contributed by atoms with Crippen LogP contribution in [0.15, 0.2) is 30.3 Å². The van der Waals surface area contributed by atoms with Crippen LogP contribution in [0.1, 0.15) is 44.1 Å². The highest BCUT2D eigenvalue weighted by molar-refractivity contribution is 6.17. The van der Waals surface area contributed by atoms with Crippen molar-refractivity contribution in [2.75, 3.05) is 19.6 Å². The number of methoxy groups -OCH3 is 1. The molecule has 23 heavy (non-hydrogen) atoms. The zero-order valence-corrected chi connectivity index (χ0v) is 15.0. The van der Waals surface area contributed by atoms with Gasteiger partial charge in [0, 0.05) is 5.88 Å². The second-order valence-corrected chi connectivity index (χ2v) is 6.31. The number of hydrogen-bond acceptors (Lipinski definition) is 2. The first-order valence-corrected chi connectivity index (χ1v) is 9.06. The number of hydrogen-bond donors (Lipinski definition) is 0. The van der Waals surface area contributed by atoms with Crippen LogP contribution in [-0.2, 0) is 0 Å². The summed E-state index contributed by atoms with van der Waals surface area (Å²) < 4.78 is 11.3. The van der Waals surface area contributed by atoms with E-state index < -0.39 is 0 Å². The van der Waals surface area contributed by atoms with Gasteiger partial charge < -0.3 is 9.47 Å². The average molecular weight is 335 g/mol. The zero-order chi connectivity index (χ0) is 16.5. The molecule has 2 nitrogen and oxygen atoms in total. The number of alkyl halides is 1. The Balaban J connectivity index is 1.80. The SMILES string of the molecule is COc1ccc2cc(OCCCCCCCCCl)ccc2c1C. The van der Waals surface area contributed by atoms with Crippen LogP contribution in [0.5, 0.6) is 11.5 Å². The summed E-state index contributed by atoms with van der Waals surface area (Å²) in [6.45, 7) is 2.88. The lowest BCUT2D eigenvalue weighted by molar-refractivity contribution is 0.305. The van der Waals surface area contributed by atoms with Crippen molar-refractivity contribution in [2.24, 2.45) is 0 Å². The Labute approximate surface area is 144 Å². The smallest absolute Gasteiger partial charge is 0.122 e. The molecule has 0 aliphatic carbocycles. The van der Waals surface area contributed by atoms with Crippen LogP contribution < -0.4 is 9.47 Å². The molecule has 0 N–H and O–H groups in total. The molecule has 2 rings (SSSR count). The Morgan fingerprint density at radius 3 is 2.39 bits per heavy atom. The van der Waals surface area contributed by atoms with Gasteiger partial charge in [0.2, 0.25) is 0 Å². The molecule has 126 valence electrons. The van der Waals surface area contributed by atoms with Crippen molar-refractivity contribution in [3.8, 4) is 11.5 Å². The Bertz CT molecular complexity index is 610. The molecule has 0 fully saturated rings. The zero-order valence-electron chi connectivity index (χ0n) is 14.2. The maximum atomic E-state index is 5.89. The first-order valence-electron chi connectivity index (χ1n) is 8.52. The van der Waals surface area contributed by atoms with E-state index in [0.29, 0.717) is 0 Å². The lowest BCUT2D eigenvalue weighted by Gasteiger charge is -2.11. The fourth-order valence-corrected chi connectivity index (χ4v) is 3.04. The second-order valence-electron chi connectivity index (χ2n) is 5.93. The van der Waals surface area contributed by atoms with E-state index >= 15 is 0 Å². The van der Waals surface area contributed by atoms with Crippen molar-refractivity contribution in [2.45, 2.75) is 45.4 Å². The molecule has 0 saturated carbocycles. The molecule has 0 heterocycles. The summed E-state index contributed by atoms with van der Waals surface area (Å²) in [7, 11) is 1.71. The Morgan fingerprint density at radius 1 is 0.913 bits per heavy atom. The van der Waals surface area contributed by atoms with Crippen molar-refractivity contribution in [3.05, 3.63) is 35.9 Å². The van der Waals surface area contributed by atoms with E-state index in [0.717, 1.165) is 36.8 Å². The van der Waals surface area contributed by atoms with Gasteiger partial charge in [-0.2, -0.15) is 0 Å². The largest absolute Gasteiger partial charge is 0.496 e. The second kappa shape index (κ2) is 9.67. The van der Waals surface area contributed by atoms with Gasteiger partial charge in [0.05, 0.1) is 13.7 Å². The first kappa shape index (κ1) is 17.9. The monoisotopic (exact) mass is 334 g/mol. The van der Waals surface area contributed by atoms with Crippen LogP contribution in [0.4, 0.5) is 0 Å². The average Bonchev–Trinajstić information content (AvgIpc) is 2.57. The number of benzene rings is 2. The molecule has 0 radical (unpaired) electrons. The van der Waals surface area contributed by atoms with E-state index in [1.165, 1.54) is 42.0 Å². The maximum absolute atomic E-state index is 5.89. The van der Waals surface area contributed by atoms with E-state index in [1.807, 2.05) is 6.07 Å². The van der Waals surface area contributed by atoms with Crippen LogP contribution >= 0.6 is 11.6 Å². The molecule has 0 atom stereocenters. The molecular formula is C20H27ClO2. The van der Waals surface area contributed by atoms with Crippen molar-refractivity contribution in [1.29, 1.82) is 0 Å². The lowest BCUT2D eigenvalue weighted by atomic mass is 10.0. The van der Waals surface area contributed by atoms with Crippen LogP contribution in [0.3, 0.4) is 0 Å². The molecule has 0 unspecified atom stereocenters. The molecule has 0 bridgehead atoms. The first-order chi connectivity index (χ1) is 11.3. The predicted octanol–water partition coefficient (Wildman–Crippen LogP) is 6.12. The van der Waals surface area contributed by atoms with E-state index in [1.54, 1.807) is 7.11 Å². The van der Waals surface area contributed by atoms with Gasteiger partial charge in [-0.15, -0.1) is 11.6 Å². The summed E-state index contributed by atoms with van der Waals surface area (Å²) in [5.74, 6) is 2.67. The highest BCUT2D eigenvalue weighted by Crippen LogP contribution is 2.29. The molecule has 2 aromatic rings. The third kappa shape index (κ3) is 5.31. The molecule has 0 aromatic heterocycles. The number of ether oxygens (including phenoxy) is 2. The lowest BCUT2D eigenvalue weighted by Crippen LogP contribution is -1.97. The quantitative estimate of drug-likeness (QED) is 0.385. The third-order valence-corrected chi connectivity index (χ3v) is 4.49. The minimum Gasteiger partial charge on any atom is -0.496 e. The van der Waals surface area contributed by atoms with Gasteiger partial charge in [-0.05, 0) is 54.3 Å². The summed E-state index contributed by atoms with van der Waals surface area (Å²) >= 11 is 5.67. The highest BCUT2D eigenvalue weighted by Gasteiger charge is 2.05. The molecule has 3 heteroatoms. The van der Waals surface area contributed by atoms with E-state index in [9.17, 15) is 0 Å². The van der Waals surface area contributed by atoms with Crippen molar-refractivity contribution < 1.29 is 9.47 Å². The van der Waals surface area contributed by atoms with Gasteiger partial charge in [0.25, 0.3) is 0 Å². The number of halogens is 1. The fraction of sp³-hybridized carbons (Fsp3) is 0.500. The van der Waals surface area contributed by atoms with Crippen LogP contribution in [-0.4, -0.2) is 19.6 Å².